The van der Waals surface area contributed by atoms with E-state index in [1.54, 1.807) is 16.5 Å². The standard InChI is InChI=1S/C15H25N3O3S/c1-3-5-7-14(20)18(9-6-10-21-4-2)12-13(19)17-15-16-8-11-22-15/h8,11H,3-7,9-10,12H2,1-2H3,(H,16,17,19). The normalized spacial score (nSPS) is 10.5. The van der Waals surface area contributed by atoms with Gasteiger partial charge in [0.25, 0.3) is 0 Å². The van der Waals surface area contributed by atoms with E-state index >= 15 is 0 Å². The molecule has 0 spiro atoms. The molecular weight excluding hydrogens is 302 g/mol. The van der Waals surface area contributed by atoms with Gasteiger partial charge in [0.15, 0.2) is 5.13 Å². The zero-order valence-electron chi connectivity index (χ0n) is 13.3. The first-order chi connectivity index (χ1) is 10.7. The van der Waals surface area contributed by atoms with Crippen molar-refractivity contribution in [3.8, 4) is 0 Å². The predicted octanol–water partition coefficient (Wildman–Crippen LogP) is 2.53. The summed E-state index contributed by atoms with van der Waals surface area (Å²) in [4.78, 5) is 29.8. The van der Waals surface area contributed by atoms with Crippen molar-refractivity contribution in [1.29, 1.82) is 0 Å². The van der Waals surface area contributed by atoms with E-state index in [4.69, 9.17) is 4.74 Å². The third kappa shape index (κ3) is 7.51. The van der Waals surface area contributed by atoms with Gasteiger partial charge >= 0.3 is 0 Å². The molecule has 1 aromatic heterocycles. The number of hydrogen-bond donors (Lipinski definition) is 1. The van der Waals surface area contributed by atoms with Crippen molar-refractivity contribution in [1.82, 2.24) is 9.88 Å². The molecule has 7 heteroatoms. The fourth-order valence-corrected chi connectivity index (χ4v) is 2.44. The van der Waals surface area contributed by atoms with Gasteiger partial charge in [-0.1, -0.05) is 13.3 Å². The number of thiazole rings is 1. The summed E-state index contributed by atoms with van der Waals surface area (Å²) < 4.78 is 5.29. The highest BCUT2D eigenvalue weighted by Gasteiger charge is 2.17. The lowest BCUT2D eigenvalue weighted by Crippen LogP contribution is -2.39. The van der Waals surface area contributed by atoms with Crippen LogP contribution in [0.1, 0.15) is 39.5 Å². The van der Waals surface area contributed by atoms with Crippen molar-refractivity contribution in [2.75, 3.05) is 31.6 Å². The fraction of sp³-hybridized carbons (Fsp3) is 0.667. The average Bonchev–Trinajstić information content (AvgIpc) is 3.00. The molecule has 0 aliphatic carbocycles. The molecule has 0 aromatic carbocycles. The van der Waals surface area contributed by atoms with Crippen molar-refractivity contribution in [2.24, 2.45) is 0 Å². The van der Waals surface area contributed by atoms with Crippen LogP contribution in [0.2, 0.25) is 0 Å². The number of anilines is 1. The van der Waals surface area contributed by atoms with Crippen LogP contribution < -0.4 is 5.32 Å². The molecule has 0 radical (unpaired) electrons. The van der Waals surface area contributed by atoms with E-state index in [0.29, 0.717) is 31.3 Å². The summed E-state index contributed by atoms with van der Waals surface area (Å²) in [6.07, 6.45) is 4.65. The van der Waals surface area contributed by atoms with Gasteiger partial charge in [0.05, 0.1) is 6.54 Å². The second-order valence-electron chi connectivity index (χ2n) is 4.85. The topological polar surface area (TPSA) is 71.5 Å². The van der Waals surface area contributed by atoms with Crippen LogP contribution in [-0.4, -0.2) is 48.0 Å². The Hall–Kier alpha value is -1.47. The Morgan fingerprint density at radius 3 is 2.82 bits per heavy atom. The van der Waals surface area contributed by atoms with Crippen LogP contribution in [-0.2, 0) is 14.3 Å². The van der Waals surface area contributed by atoms with Crippen LogP contribution in [0.3, 0.4) is 0 Å². The fourth-order valence-electron chi connectivity index (χ4n) is 1.90. The Bertz CT molecular complexity index is 437. The van der Waals surface area contributed by atoms with E-state index in [0.717, 1.165) is 19.3 Å². The van der Waals surface area contributed by atoms with E-state index in [2.05, 4.69) is 10.3 Å². The number of aromatic nitrogens is 1. The molecular formula is C15H25N3O3S. The maximum atomic E-state index is 12.2. The van der Waals surface area contributed by atoms with Crippen molar-refractivity contribution < 1.29 is 14.3 Å². The predicted molar refractivity (Wildman–Crippen MR) is 88.0 cm³/mol. The Kier molecular flexibility index (Phi) is 9.41. The first kappa shape index (κ1) is 18.6. The molecule has 0 saturated carbocycles. The van der Waals surface area contributed by atoms with Crippen LogP contribution in [0.15, 0.2) is 11.6 Å². The van der Waals surface area contributed by atoms with Crippen molar-refractivity contribution >= 4 is 28.3 Å². The maximum absolute atomic E-state index is 12.2. The zero-order valence-corrected chi connectivity index (χ0v) is 14.2. The summed E-state index contributed by atoms with van der Waals surface area (Å²) in [5.41, 5.74) is 0. The van der Waals surface area contributed by atoms with Crippen LogP contribution in [0, 0.1) is 0 Å². The summed E-state index contributed by atoms with van der Waals surface area (Å²) in [6, 6.07) is 0. The SMILES string of the molecule is CCCCC(=O)N(CCCOCC)CC(=O)Nc1nccs1. The molecule has 0 atom stereocenters. The molecule has 1 N–H and O–H groups in total. The number of nitrogens with zero attached hydrogens (tertiary/aromatic N) is 2. The summed E-state index contributed by atoms with van der Waals surface area (Å²) in [5.74, 6) is -0.191. The Balaban J connectivity index is 2.47. The molecule has 1 heterocycles. The first-order valence-corrected chi connectivity index (χ1v) is 8.60. The highest BCUT2D eigenvalue weighted by Crippen LogP contribution is 2.10. The van der Waals surface area contributed by atoms with Gasteiger partial charge < -0.3 is 15.0 Å². The van der Waals surface area contributed by atoms with Gasteiger partial charge in [0.2, 0.25) is 11.8 Å². The number of carbonyl (C=O) groups excluding carboxylic acids is 2. The van der Waals surface area contributed by atoms with Gasteiger partial charge in [0.1, 0.15) is 0 Å². The monoisotopic (exact) mass is 327 g/mol. The van der Waals surface area contributed by atoms with Crippen molar-refractivity contribution in [2.45, 2.75) is 39.5 Å². The van der Waals surface area contributed by atoms with E-state index in [-0.39, 0.29) is 18.4 Å². The smallest absolute Gasteiger partial charge is 0.245 e. The molecule has 0 aliphatic rings. The zero-order chi connectivity index (χ0) is 16.2. The molecule has 2 amide bonds. The van der Waals surface area contributed by atoms with Gasteiger partial charge in [-0.15, -0.1) is 11.3 Å². The number of rotatable bonds is 11. The lowest BCUT2D eigenvalue weighted by Gasteiger charge is -2.22. The number of unbranched alkanes of at least 4 members (excludes halogenated alkanes) is 1. The Morgan fingerprint density at radius 1 is 1.36 bits per heavy atom. The molecule has 6 nitrogen and oxygen atoms in total. The van der Waals surface area contributed by atoms with Crippen LogP contribution >= 0.6 is 11.3 Å². The van der Waals surface area contributed by atoms with Gasteiger partial charge in [-0.3, -0.25) is 9.59 Å². The van der Waals surface area contributed by atoms with E-state index in [1.807, 2.05) is 13.8 Å². The van der Waals surface area contributed by atoms with E-state index in [1.165, 1.54) is 11.3 Å². The molecule has 0 unspecified atom stereocenters. The minimum absolute atomic E-state index is 0.0210. The average molecular weight is 327 g/mol. The molecule has 0 saturated heterocycles. The highest BCUT2D eigenvalue weighted by molar-refractivity contribution is 7.13. The van der Waals surface area contributed by atoms with Gasteiger partial charge in [0, 0.05) is 37.8 Å². The highest BCUT2D eigenvalue weighted by atomic mass is 32.1. The van der Waals surface area contributed by atoms with Crippen LogP contribution in [0.25, 0.3) is 0 Å². The van der Waals surface area contributed by atoms with Gasteiger partial charge in [-0.25, -0.2) is 4.98 Å². The maximum Gasteiger partial charge on any atom is 0.245 e. The number of hydrogen-bond acceptors (Lipinski definition) is 5. The molecule has 1 aromatic rings. The lowest BCUT2D eigenvalue weighted by atomic mass is 10.2. The van der Waals surface area contributed by atoms with E-state index < -0.39 is 0 Å². The summed E-state index contributed by atoms with van der Waals surface area (Å²) in [7, 11) is 0. The minimum atomic E-state index is -0.212. The summed E-state index contributed by atoms with van der Waals surface area (Å²) in [5, 5.41) is 5.06. The Labute approximate surface area is 135 Å². The molecule has 0 fully saturated rings. The third-order valence-corrected chi connectivity index (χ3v) is 3.72. The second kappa shape index (κ2) is 11.1. The number of carbonyl (C=O) groups is 2. The summed E-state index contributed by atoms with van der Waals surface area (Å²) in [6.45, 7) is 5.84. The van der Waals surface area contributed by atoms with Crippen LogP contribution in [0.5, 0.6) is 0 Å². The number of ether oxygens (including phenoxy) is 1. The van der Waals surface area contributed by atoms with Crippen molar-refractivity contribution in [3.05, 3.63) is 11.6 Å². The number of amides is 2. The Morgan fingerprint density at radius 2 is 2.18 bits per heavy atom. The van der Waals surface area contributed by atoms with Crippen molar-refractivity contribution in [3.63, 3.8) is 0 Å². The number of nitrogens with one attached hydrogen (secondary N) is 1. The molecule has 22 heavy (non-hydrogen) atoms. The molecule has 0 bridgehead atoms. The lowest BCUT2D eigenvalue weighted by molar-refractivity contribution is -0.135. The quantitative estimate of drug-likeness (QED) is 0.634. The largest absolute Gasteiger partial charge is 0.382 e. The third-order valence-electron chi connectivity index (χ3n) is 3.03. The molecule has 0 aliphatic heterocycles. The first-order valence-electron chi connectivity index (χ1n) is 7.72. The van der Waals surface area contributed by atoms with Gasteiger partial charge in [-0.05, 0) is 19.8 Å². The van der Waals surface area contributed by atoms with E-state index in [9.17, 15) is 9.59 Å². The second-order valence-corrected chi connectivity index (χ2v) is 5.75. The molecule has 124 valence electrons. The van der Waals surface area contributed by atoms with Crippen LogP contribution in [0.4, 0.5) is 5.13 Å². The minimum Gasteiger partial charge on any atom is -0.382 e. The molecule has 1 rings (SSSR count). The summed E-state index contributed by atoms with van der Waals surface area (Å²) >= 11 is 1.36. The van der Waals surface area contributed by atoms with Gasteiger partial charge in [-0.2, -0.15) is 0 Å².